The quantitative estimate of drug-likeness (QED) is 0.339. The number of aromatic amines is 3. The molecule has 1 aromatic carbocycles. The number of aryl methyl sites for hydroxylation is 1. The van der Waals surface area contributed by atoms with Crippen LogP contribution in [0, 0.1) is 0 Å². The van der Waals surface area contributed by atoms with Crippen LogP contribution in [0.1, 0.15) is 0 Å². The van der Waals surface area contributed by atoms with Crippen LogP contribution in [0.2, 0.25) is 0 Å². The van der Waals surface area contributed by atoms with E-state index in [1.165, 1.54) is 18.7 Å². The van der Waals surface area contributed by atoms with Gasteiger partial charge in [-0.05, 0) is 18.2 Å². The first-order chi connectivity index (χ1) is 14.8. The molecule has 5 rings (SSSR count). The summed E-state index contributed by atoms with van der Waals surface area (Å²) < 4.78 is 13.0. The molecule has 158 valence electrons. The molecule has 0 fully saturated rings. The minimum absolute atomic E-state index is 0.0469. The molecule has 4 aromatic rings. The van der Waals surface area contributed by atoms with Crippen molar-refractivity contribution in [2.75, 3.05) is 12.5 Å². The van der Waals surface area contributed by atoms with Gasteiger partial charge in [0, 0.05) is 25.2 Å². The van der Waals surface area contributed by atoms with Crippen LogP contribution in [0.15, 0.2) is 37.4 Å². The highest BCUT2D eigenvalue weighted by atomic mass is 16.7. The Morgan fingerprint density at radius 3 is 2.32 bits per heavy atom. The van der Waals surface area contributed by atoms with Crippen molar-refractivity contribution >= 4 is 16.9 Å². The van der Waals surface area contributed by atoms with Gasteiger partial charge in [-0.1, -0.05) is 0 Å². The molecule has 0 radical (unpaired) electrons. The molecular formula is C19H16N6O6. The van der Waals surface area contributed by atoms with Crippen LogP contribution in [0.3, 0.4) is 0 Å². The molecule has 31 heavy (non-hydrogen) atoms. The average molecular weight is 424 g/mol. The number of hydrogen-bond donors (Lipinski definition) is 4. The van der Waals surface area contributed by atoms with Gasteiger partial charge in [-0.3, -0.25) is 28.7 Å². The largest absolute Gasteiger partial charge is 0.454 e. The van der Waals surface area contributed by atoms with Gasteiger partial charge in [0.1, 0.15) is 11.5 Å². The van der Waals surface area contributed by atoms with Gasteiger partial charge in [-0.2, -0.15) is 0 Å². The Morgan fingerprint density at radius 1 is 0.871 bits per heavy atom. The highest BCUT2D eigenvalue weighted by Gasteiger charge is 2.26. The standard InChI is InChI=1S/C19H16N6O6/c1-24-14(20)11(16(26)22-18(24)28)10-12-15(25(2)19(29)23-17(12)27)21-13(10)7-3-4-8-9(5-7)31-6-30-8/h3-5,21H,6,20H2,1-2H3,(H,22,26,28)(H,23,27,29). The molecule has 3 aromatic heterocycles. The van der Waals surface area contributed by atoms with Crippen molar-refractivity contribution < 1.29 is 9.47 Å². The van der Waals surface area contributed by atoms with Crippen molar-refractivity contribution in [3.05, 3.63) is 59.9 Å². The Balaban J connectivity index is 1.98. The van der Waals surface area contributed by atoms with Crippen molar-refractivity contribution in [3.8, 4) is 33.9 Å². The average Bonchev–Trinajstić information content (AvgIpc) is 3.35. The highest BCUT2D eigenvalue weighted by molar-refractivity contribution is 6.04. The van der Waals surface area contributed by atoms with Crippen LogP contribution in [0.5, 0.6) is 11.5 Å². The summed E-state index contributed by atoms with van der Waals surface area (Å²) in [6, 6.07) is 5.07. The lowest BCUT2D eigenvalue weighted by Gasteiger charge is -2.10. The minimum atomic E-state index is -0.767. The number of ether oxygens (including phenoxy) is 2. The summed E-state index contributed by atoms with van der Waals surface area (Å²) in [6.45, 7) is 0.0694. The first-order valence-electron chi connectivity index (χ1n) is 9.12. The summed E-state index contributed by atoms with van der Waals surface area (Å²) in [7, 11) is 2.87. The summed E-state index contributed by atoms with van der Waals surface area (Å²) in [5.74, 6) is 0.892. The lowest BCUT2D eigenvalue weighted by Crippen LogP contribution is -2.32. The van der Waals surface area contributed by atoms with E-state index in [9.17, 15) is 19.2 Å². The summed E-state index contributed by atoms with van der Waals surface area (Å²) in [5, 5.41) is 0.0469. The maximum atomic E-state index is 12.8. The molecule has 0 aliphatic carbocycles. The number of nitrogens with two attached hydrogens (primary N) is 1. The van der Waals surface area contributed by atoms with E-state index < -0.39 is 22.5 Å². The number of hydrogen-bond acceptors (Lipinski definition) is 7. The van der Waals surface area contributed by atoms with E-state index in [1.54, 1.807) is 18.2 Å². The van der Waals surface area contributed by atoms with Gasteiger partial charge in [-0.25, -0.2) is 9.59 Å². The Bertz CT molecular complexity index is 1630. The van der Waals surface area contributed by atoms with Crippen LogP contribution in [-0.4, -0.2) is 30.9 Å². The van der Waals surface area contributed by atoms with Crippen LogP contribution in [-0.2, 0) is 14.1 Å². The van der Waals surface area contributed by atoms with Gasteiger partial charge in [-0.15, -0.1) is 0 Å². The van der Waals surface area contributed by atoms with Crippen LogP contribution >= 0.6 is 0 Å². The summed E-state index contributed by atoms with van der Waals surface area (Å²) >= 11 is 0. The number of nitrogens with one attached hydrogen (secondary N) is 3. The van der Waals surface area contributed by atoms with E-state index in [4.69, 9.17) is 15.2 Å². The number of nitrogens with zero attached hydrogens (tertiary/aromatic N) is 2. The lowest BCUT2D eigenvalue weighted by atomic mass is 10.00. The fourth-order valence-corrected chi connectivity index (χ4v) is 3.70. The fraction of sp³-hybridized carbons (Fsp3) is 0.158. The number of rotatable bonds is 2. The Morgan fingerprint density at radius 2 is 1.55 bits per heavy atom. The molecule has 0 amide bonds. The normalized spacial score (nSPS) is 12.6. The molecule has 0 unspecified atom stereocenters. The van der Waals surface area contributed by atoms with E-state index in [-0.39, 0.29) is 34.8 Å². The molecular weight excluding hydrogens is 408 g/mol. The third kappa shape index (κ3) is 2.54. The highest BCUT2D eigenvalue weighted by Crippen LogP contribution is 2.41. The van der Waals surface area contributed by atoms with Crippen LogP contribution in [0.4, 0.5) is 5.82 Å². The second-order valence-electron chi connectivity index (χ2n) is 7.06. The third-order valence-corrected chi connectivity index (χ3v) is 5.35. The van der Waals surface area contributed by atoms with Crippen molar-refractivity contribution in [2.24, 2.45) is 14.1 Å². The van der Waals surface area contributed by atoms with Gasteiger partial charge < -0.3 is 20.2 Å². The maximum Gasteiger partial charge on any atom is 0.329 e. The Hall–Kier alpha value is -4.48. The second kappa shape index (κ2) is 6.26. The number of benzene rings is 1. The molecule has 1 aliphatic heterocycles. The van der Waals surface area contributed by atoms with E-state index in [0.717, 1.165) is 4.57 Å². The smallest absolute Gasteiger partial charge is 0.329 e. The van der Waals surface area contributed by atoms with Gasteiger partial charge >= 0.3 is 11.4 Å². The molecule has 1 aliphatic rings. The first-order valence-corrected chi connectivity index (χ1v) is 9.12. The summed E-state index contributed by atoms with van der Waals surface area (Å²) in [4.78, 5) is 57.2. The fourth-order valence-electron chi connectivity index (χ4n) is 3.70. The second-order valence-corrected chi connectivity index (χ2v) is 7.06. The molecule has 4 heterocycles. The lowest BCUT2D eigenvalue weighted by molar-refractivity contribution is 0.174. The van der Waals surface area contributed by atoms with Crippen molar-refractivity contribution in [2.45, 2.75) is 0 Å². The predicted octanol–water partition coefficient (Wildman–Crippen LogP) is -0.413. The SMILES string of the molecule is Cn1c(N)c(-c2c(-c3ccc4c(c3)OCO4)[nH]c3c2c(=O)[nH]c(=O)n3C)c(=O)[nH]c1=O. The van der Waals surface area contributed by atoms with Gasteiger partial charge in [0.15, 0.2) is 11.5 Å². The van der Waals surface area contributed by atoms with E-state index in [1.807, 2.05) is 0 Å². The van der Waals surface area contributed by atoms with Crippen LogP contribution < -0.4 is 37.7 Å². The maximum absolute atomic E-state index is 12.8. The minimum Gasteiger partial charge on any atom is -0.454 e. The first kappa shape index (κ1) is 18.5. The summed E-state index contributed by atoms with van der Waals surface area (Å²) in [5.41, 5.74) is 4.48. The van der Waals surface area contributed by atoms with Crippen LogP contribution in [0.25, 0.3) is 33.4 Å². The van der Waals surface area contributed by atoms with Crippen molar-refractivity contribution in [3.63, 3.8) is 0 Å². The van der Waals surface area contributed by atoms with Gasteiger partial charge in [0.05, 0.1) is 16.6 Å². The van der Waals surface area contributed by atoms with Crippen molar-refractivity contribution in [1.82, 2.24) is 24.1 Å². The van der Waals surface area contributed by atoms with E-state index >= 15 is 0 Å². The molecule has 0 saturated heterocycles. The monoisotopic (exact) mass is 424 g/mol. The molecule has 0 bridgehead atoms. The van der Waals surface area contributed by atoms with Gasteiger partial charge in [0.25, 0.3) is 11.1 Å². The molecule has 0 spiro atoms. The number of H-pyrrole nitrogens is 3. The molecule has 0 atom stereocenters. The zero-order valence-corrected chi connectivity index (χ0v) is 16.4. The molecule has 12 nitrogen and oxygen atoms in total. The Labute approximate surface area is 171 Å². The number of fused-ring (bicyclic) bond motifs is 2. The summed E-state index contributed by atoms with van der Waals surface area (Å²) in [6.07, 6.45) is 0. The zero-order valence-electron chi connectivity index (χ0n) is 16.4. The topological polar surface area (TPSA) is 170 Å². The molecule has 12 heteroatoms. The number of nitrogen functional groups attached to an aromatic ring is 1. The van der Waals surface area contributed by atoms with Crippen molar-refractivity contribution in [1.29, 1.82) is 0 Å². The molecule has 5 N–H and O–H groups in total. The van der Waals surface area contributed by atoms with Gasteiger partial charge in [0.2, 0.25) is 6.79 Å². The number of aromatic nitrogens is 5. The predicted molar refractivity (Wildman–Crippen MR) is 111 cm³/mol. The van der Waals surface area contributed by atoms with E-state index in [0.29, 0.717) is 22.8 Å². The number of anilines is 1. The zero-order chi connectivity index (χ0) is 22.0. The van der Waals surface area contributed by atoms with E-state index in [2.05, 4.69) is 15.0 Å². The third-order valence-electron chi connectivity index (χ3n) is 5.35. The molecule has 0 saturated carbocycles. The Kier molecular flexibility index (Phi) is 3.74.